The van der Waals surface area contributed by atoms with E-state index >= 15 is 0 Å². The van der Waals surface area contributed by atoms with Crippen LogP contribution in [0.15, 0.2) is 53.6 Å². The quantitative estimate of drug-likeness (QED) is 0.485. The normalized spacial score (nSPS) is 11.4. The number of amides is 2. The van der Waals surface area contributed by atoms with Crippen LogP contribution in [0.2, 0.25) is 0 Å². The fraction of sp³-hybridized carbons (Fsp3) is 0.118. The molecule has 0 atom stereocenters. The molecule has 2 amide bonds. The molecule has 136 valence electrons. The monoisotopic (exact) mass is 367 g/mol. The number of benzene rings is 2. The van der Waals surface area contributed by atoms with Gasteiger partial charge in [-0.05, 0) is 29.8 Å². The van der Waals surface area contributed by atoms with E-state index < -0.39 is 41.5 Å². The highest BCUT2D eigenvalue weighted by Gasteiger charge is 2.34. The largest absolute Gasteiger partial charge is 0.417 e. The predicted molar refractivity (Wildman–Crippen MR) is 85.9 cm³/mol. The van der Waals surface area contributed by atoms with E-state index in [0.717, 1.165) is 18.2 Å². The van der Waals surface area contributed by atoms with E-state index in [4.69, 9.17) is 0 Å². The molecule has 0 saturated carbocycles. The summed E-state index contributed by atoms with van der Waals surface area (Å²) < 4.78 is 51.3. The van der Waals surface area contributed by atoms with Gasteiger partial charge in [0, 0.05) is 0 Å². The lowest BCUT2D eigenvalue weighted by atomic mass is 10.1. The molecule has 0 radical (unpaired) electrons. The Labute approximate surface area is 145 Å². The third-order valence-electron chi connectivity index (χ3n) is 3.16. The van der Waals surface area contributed by atoms with Crippen LogP contribution in [-0.2, 0) is 11.0 Å². The summed E-state index contributed by atoms with van der Waals surface area (Å²) in [6.07, 6.45) is -3.44. The summed E-state index contributed by atoms with van der Waals surface area (Å²) in [5.74, 6) is -2.19. The van der Waals surface area contributed by atoms with Crippen molar-refractivity contribution in [3.8, 4) is 0 Å². The molecule has 0 aliphatic rings. The van der Waals surface area contributed by atoms with Crippen molar-refractivity contribution in [1.29, 1.82) is 0 Å². The number of hydrogen-bond acceptors (Lipinski definition) is 3. The van der Waals surface area contributed by atoms with Crippen LogP contribution in [0.4, 0.5) is 17.6 Å². The summed E-state index contributed by atoms with van der Waals surface area (Å²) >= 11 is 0. The smallest absolute Gasteiger partial charge is 0.343 e. The zero-order valence-corrected chi connectivity index (χ0v) is 13.2. The number of hydrazone groups is 1. The van der Waals surface area contributed by atoms with Gasteiger partial charge in [-0.25, -0.2) is 9.82 Å². The van der Waals surface area contributed by atoms with Crippen molar-refractivity contribution in [3.05, 3.63) is 71.0 Å². The summed E-state index contributed by atoms with van der Waals surface area (Å²) in [4.78, 5) is 23.5. The Morgan fingerprint density at radius 3 is 2.35 bits per heavy atom. The fourth-order valence-corrected chi connectivity index (χ4v) is 1.95. The lowest BCUT2D eigenvalue weighted by Crippen LogP contribution is -2.35. The van der Waals surface area contributed by atoms with Gasteiger partial charge in [-0.1, -0.05) is 24.3 Å². The summed E-state index contributed by atoms with van der Waals surface area (Å²) in [5.41, 5.74) is 0.949. The molecule has 0 fully saturated rings. The first kappa shape index (κ1) is 19.1. The summed E-state index contributed by atoms with van der Waals surface area (Å²) in [6, 6.07) is 9.53. The van der Waals surface area contributed by atoms with Gasteiger partial charge in [-0.3, -0.25) is 9.59 Å². The van der Waals surface area contributed by atoms with Crippen molar-refractivity contribution in [3.63, 3.8) is 0 Å². The standard InChI is InChI=1S/C17H13F4N3O2/c18-12-7-5-11(6-8-12)9-23-24-15(25)10-22-16(26)13-3-1-2-4-14(13)17(19,20)21/h1-9H,10H2,(H,22,26)(H,24,25)/b23-9+. The van der Waals surface area contributed by atoms with Crippen molar-refractivity contribution in [1.82, 2.24) is 10.7 Å². The van der Waals surface area contributed by atoms with Crippen LogP contribution in [0.5, 0.6) is 0 Å². The zero-order valence-electron chi connectivity index (χ0n) is 13.2. The maximum atomic E-state index is 12.9. The number of carbonyl (C=O) groups excluding carboxylic acids is 2. The van der Waals surface area contributed by atoms with Crippen LogP contribution in [0.25, 0.3) is 0 Å². The van der Waals surface area contributed by atoms with Gasteiger partial charge in [0.05, 0.1) is 23.9 Å². The van der Waals surface area contributed by atoms with Gasteiger partial charge in [-0.15, -0.1) is 0 Å². The summed E-state index contributed by atoms with van der Waals surface area (Å²) in [6.45, 7) is -0.564. The molecule has 2 N–H and O–H groups in total. The maximum absolute atomic E-state index is 12.9. The molecule has 0 spiro atoms. The Bertz CT molecular complexity index is 818. The van der Waals surface area contributed by atoms with Crippen molar-refractivity contribution in [2.24, 2.45) is 5.10 Å². The third-order valence-corrected chi connectivity index (χ3v) is 3.16. The molecule has 9 heteroatoms. The highest BCUT2D eigenvalue weighted by atomic mass is 19.4. The SMILES string of the molecule is O=C(CNC(=O)c1ccccc1C(F)(F)F)N/N=C/c1ccc(F)cc1. The summed E-state index contributed by atoms with van der Waals surface area (Å²) in [5, 5.41) is 5.69. The van der Waals surface area contributed by atoms with Crippen LogP contribution in [-0.4, -0.2) is 24.6 Å². The van der Waals surface area contributed by atoms with E-state index in [-0.39, 0.29) is 0 Å². The van der Waals surface area contributed by atoms with Crippen LogP contribution in [0, 0.1) is 5.82 Å². The average molecular weight is 367 g/mol. The average Bonchev–Trinajstić information content (AvgIpc) is 2.60. The van der Waals surface area contributed by atoms with E-state index in [1.165, 1.54) is 36.5 Å². The second kappa shape index (κ2) is 8.24. The Morgan fingerprint density at radius 2 is 1.69 bits per heavy atom. The predicted octanol–water partition coefficient (Wildman–Crippen LogP) is 2.72. The van der Waals surface area contributed by atoms with Gasteiger partial charge in [0.25, 0.3) is 11.8 Å². The maximum Gasteiger partial charge on any atom is 0.417 e. The molecule has 2 rings (SSSR count). The third kappa shape index (κ3) is 5.40. The molecular weight excluding hydrogens is 354 g/mol. The Kier molecular flexibility index (Phi) is 6.05. The van der Waals surface area contributed by atoms with Gasteiger partial charge in [0.1, 0.15) is 5.82 Å². The van der Waals surface area contributed by atoms with E-state index in [1.807, 2.05) is 0 Å². The molecule has 0 bridgehead atoms. The van der Waals surface area contributed by atoms with Crippen molar-refractivity contribution in [2.75, 3.05) is 6.54 Å². The van der Waals surface area contributed by atoms with E-state index in [9.17, 15) is 27.2 Å². The van der Waals surface area contributed by atoms with Gasteiger partial charge in [-0.2, -0.15) is 18.3 Å². The Morgan fingerprint density at radius 1 is 1.04 bits per heavy atom. The van der Waals surface area contributed by atoms with E-state index in [2.05, 4.69) is 15.8 Å². The number of halogens is 4. The first-order valence-electron chi connectivity index (χ1n) is 7.29. The molecule has 0 aromatic heterocycles. The highest BCUT2D eigenvalue weighted by molar-refractivity contribution is 5.98. The fourth-order valence-electron chi connectivity index (χ4n) is 1.95. The molecule has 0 aliphatic heterocycles. The van der Waals surface area contributed by atoms with Crippen LogP contribution < -0.4 is 10.7 Å². The van der Waals surface area contributed by atoms with Gasteiger partial charge in [0.15, 0.2) is 0 Å². The molecule has 0 unspecified atom stereocenters. The van der Waals surface area contributed by atoms with E-state index in [1.54, 1.807) is 0 Å². The minimum atomic E-state index is -4.68. The van der Waals surface area contributed by atoms with Crippen LogP contribution in [0.3, 0.4) is 0 Å². The molecule has 2 aromatic carbocycles. The van der Waals surface area contributed by atoms with Gasteiger partial charge >= 0.3 is 6.18 Å². The summed E-state index contributed by atoms with van der Waals surface area (Å²) in [7, 11) is 0. The number of rotatable bonds is 5. The number of nitrogens with zero attached hydrogens (tertiary/aromatic N) is 1. The highest BCUT2D eigenvalue weighted by Crippen LogP contribution is 2.31. The minimum absolute atomic E-state index is 0.423. The Balaban J connectivity index is 1.89. The first-order valence-corrected chi connectivity index (χ1v) is 7.29. The number of carbonyl (C=O) groups is 2. The lowest BCUT2D eigenvalue weighted by molar-refractivity contribution is -0.137. The van der Waals surface area contributed by atoms with Crippen LogP contribution >= 0.6 is 0 Å². The molecule has 0 aliphatic carbocycles. The lowest BCUT2D eigenvalue weighted by Gasteiger charge is -2.12. The van der Waals surface area contributed by atoms with Gasteiger partial charge in [0.2, 0.25) is 0 Å². The van der Waals surface area contributed by atoms with E-state index in [0.29, 0.717) is 5.56 Å². The number of alkyl halides is 3. The second-order valence-electron chi connectivity index (χ2n) is 5.07. The van der Waals surface area contributed by atoms with Crippen molar-refractivity contribution >= 4 is 18.0 Å². The number of hydrogen-bond donors (Lipinski definition) is 2. The number of nitrogens with one attached hydrogen (secondary N) is 2. The van der Waals surface area contributed by atoms with Crippen molar-refractivity contribution in [2.45, 2.75) is 6.18 Å². The molecule has 5 nitrogen and oxygen atoms in total. The molecule has 2 aromatic rings. The zero-order chi connectivity index (χ0) is 19.2. The van der Waals surface area contributed by atoms with Gasteiger partial charge < -0.3 is 5.32 Å². The molecule has 0 saturated heterocycles. The van der Waals surface area contributed by atoms with Crippen molar-refractivity contribution < 1.29 is 27.2 Å². The second-order valence-corrected chi connectivity index (χ2v) is 5.07. The minimum Gasteiger partial charge on any atom is -0.343 e. The molecule has 26 heavy (non-hydrogen) atoms. The van der Waals surface area contributed by atoms with Crippen LogP contribution in [0.1, 0.15) is 21.5 Å². The topological polar surface area (TPSA) is 70.6 Å². The first-order chi connectivity index (χ1) is 12.3. The molecular formula is C17H13F4N3O2. The Hall–Kier alpha value is -3.23. The molecule has 0 heterocycles.